The van der Waals surface area contributed by atoms with Gasteiger partial charge in [0, 0.05) is 25.6 Å². The second-order valence-electron chi connectivity index (χ2n) is 4.59. The Morgan fingerprint density at radius 2 is 2.19 bits per heavy atom. The van der Waals surface area contributed by atoms with Crippen molar-refractivity contribution >= 4 is 5.91 Å². The van der Waals surface area contributed by atoms with Gasteiger partial charge in [-0.05, 0) is 31.7 Å². The summed E-state index contributed by atoms with van der Waals surface area (Å²) in [5.74, 6) is 0.760. The van der Waals surface area contributed by atoms with Gasteiger partial charge in [0.25, 0.3) is 0 Å². The third-order valence-electron chi connectivity index (χ3n) is 3.29. The quantitative estimate of drug-likeness (QED) is 0.597. The lowest BCUT2D eigenvalue weighted by molar-refractivity contribution is -0.121. The first-order valence-corrected chi connectivity index (χ1v) is 6.48. The van der Waals surface area contributed by atoms with Crippen molar-refractivity contribution in [3.05, 3.63) is 0 Å². The SMILES string of the molecule is CCCNC(=O)CCNC1CCCC1CN. The minimum atomic E-state index is 0.150. The molecule has 2 atom stereocenters. The maximum Gasteiger partial charge on any atom is 0.221 e. The van der Waals surface area contributed by atoms with Gasteiger partial charge in [-0.25, -0.2) is 0 Å². The van der Waals surface area contributed by atoms with Gasteiger partial charge in [-0.3, -0.25) is 4.79 Å². The lowest BCUT2D eigenvalue weighted by Gasteiger charge is -2.19. The lowest BCUT2D eigenvalue weighted by atomic mass is 10.0. The van der Waals surface area contributed by atoms with E-state index in [1.165, 1.54) is 19.3 Å². The van der Waals surface area contributed by atoms with E-state index >= 15 is 0 Å². The van der Waals surface area contributed by atoms with Gasteiger partial charge in [-0.1, -0.05) is 13.3 Å². The number of amides is 1. The fraction of sp³-hybridized carbons (Fsp3) is 0.917. The zero-order valence-corrected chi connectivity index (χ0v) is 10.3. The van der Waals surface area contributed by atoms with E-state index in [4.69, 9.17) is 5.73 Å². The molecule has 4 N–H and O–H groups in total. The van der Waals surface area contributed by atoms with Crippen LogP contribution in [0, 0.1) is 5.92 Å². The molecule has 4 heteroatoms. The van der Waals surface area contributed by atoms with Gasteiger partial charge in [0.1, 0.15) is 0 Å². The second kappa shape index (κ2) is 7.63. The van der Waals surface area contributed by atoms with Gasteiger partial charge >= 0.3 is 0 Å². The molecule has 16 heavy (non-hydrogen) atoms. The summed E-state index contributed by atoms with van der Waals surface area (Å²) >= 11 is 0. The molecule has 0 saturated heterocycles. The van der Waals surface area contributed by atoms with Crippen LogP contribution < -0.4 is 16.4 Å². The molecule has 0 aliphatic heterocycles. The summed E-state index contributed by atoms with van der Waals surface area (Å²) < 4.78 is 0. The fourth-order valence-corrected chi connectivity index (χ4v) is 2.31. The van der Waals surface area contributed by atoms with Crippen molar-refractivity contribution in [3.63, 3.8) is 0 Å². The van der Waals surface area contributed by atoms with E-state index < -0.39 is 0 Å². The van der Waals surface area contributed by atoms with E-state index in [-0.39, 0.29) is 5.91 Å². The molecule has 0 aromatic rings. The molecule has 94 valence electrons. The first kappa shape index (κ1) is 13.5. The maximum absolute atomic E-state index is 11.4. The first-order chi connectivity index (χ1) is 7.77. The number of carbonyl (C=O) groups is 1. The molecule has 1 saturated carbocycles. The second-order valence-corrected chi connectivity index (χ2v) is 4.59. The number of hydrogen-bond donors (Lipinski definition) is 3. The molecule has 4 nitrogen and oxygen atoms in total. The summed E-state index contributed by atoms with van der Waals surface area (Å²) in [6, 6.07) is 0.531. The van der Waals surface area contributed by atoms with Crippen LogP contribution in [0.1, 0.15) is 39.0 Å². The lowest BCUT2D eigenvalue weighted by Crippen LogP contribution is -2.38. The van der Waals surface area contributed by atoms with Crippen molar-refractivity contribution in [1.82, 2.24) is 10.6 Å². The van der Waals surface area contributed by atoms with Gasteiger partial charge < -0.3 is 16.4 Å². The Balaban J connectivity index is 2.08. The Hall–Kier alpha value is -0.610. The summed E-state index contributed by atoms with van der Waals surface area (Å²) in [5, 5.41) is 6.33. The standard InChI is InChI=1S/C12H25N3O/c1-2-7-15-12(16)6-8-14-11-5-3-4-10(11)9-13/h10-11,14H,2-9,13H2,1H3,(H,15,16). The normalized spacial score (nSPS) is 24.6. The highest BCUT2D eigenvalue weighted by atomic mass is 16.1. The van der Waals surface area contributed by atoms with Crippen molar-refractivity contribution in [2.45, 2.75) is 45.1 Å². The zero-order valence-electron chi connectivity index (χ0n) is 10.3. The average Bonchev–Trinajstić information content (AvgIpc) is 2.74. The molecule has 1 amide bonds. The molecule has 0 aromatic carbocycles. The molecule has 1 aliphatic carbocycles. The number of rotatable bonds is 7. The van der Waals surface area contributed by atoms with E-state index in [0.717, 1.165) is 26.1 Å². The van der Waals surface area contributed by atoms with E-state index in [1.54, 1.807) is 0 Å². The highest BCUT2D eigenvalue weighted by molar-refractivity contribution is 5.75. The van der Waals surface area contributed by atoms with Crippen LogP contribution in [0.5, 0.6) is 0 Å². The number of nitrogens with one attached hydrogen (secondary N) is 2. The Kier molecular flexibility index (Phi) is 6.42. The molecule has 0 radical (unpaired) electrons. The minimum Gasteiger partial charge on any atom is -0.356 e. The monoisotopic (exact) mass is 227 g/mol. The summed E-state index contributed by atoms with van der Waals surface area (Å²) in [6.45, 7) is 4.38. The Morgan fingerprint density at radius 3 is 2.88 bits per heavy atom. The van der Waals surface area contributed by atoms with Crippen LogP contribution in [0.15, 0.2) is 0 Å². The number of hydrogen-bond acceptors (Lipinski definition) is 3. The predicted octanol–water partition coefficient (Wildman–Crippen LogP) is 0.620. The highest BCUT2D eigenvalue weighted by Crippen LogP contribution is 2.24. The highest BCUT2D eigenvalue weighted by Gasteiger charge is 2.25. The molecule has 0 aromatic heterocycles. The molecule has 1 fully saturated rings. The molecule has 0 spiro atoms. The Morgan fingerprint density at radius 1 is 1.38 bits per heavy atom. The number of carbonyl (C=O) groups excluding carboxylic acids is 1. The first-order valence-electron chi connectivity index (χ1n) is 6.48. The summed E-state index contributed by atoms with van der Waals surface area (Å²) in [7, 11) is 0. The van der Waals surface area contributed by atoms with Crippen LogP contribution in [-0.2, 0) is 4.79 Å². The van der Waals surface area contributed by atoms with E-state index in [1.807, 2.05) is 0 Å². The van der Waals surface area contributed by atoms with Crippen LogP contribution in [0.3, 0.4) is 0 Å². The molecule has 0 bridgehead atoms. The summed E-state index contributed by atoms with van der Waals surface area (Å²) in [6.07, 6.45) is 5.28. The van der Waals surface area contributed by atoms with Gasteiger partial charge in [0.15, 0.2) is 0 Å². The summed E-state index contributed by atoms with van der Waals surface area (Å²) in [4.78, 5) is 11.4. The number of nitrogens with two attached hydrogens (primary N) is 1. The van der Waals surface area contributed by atoms with Crippen molar-refractivity contribution in [1.29, 1.82) is 0 Å². The van der Waals surface area contributed by atoms with Gasteiger partial charge in [0.05, 0.1) is 0 Å². The van der Waals surface area contributed by atoms with E-state index in [2.05, 4.69) is 17.6 Å². The van der Waals surface area contributed by atoms with Crippen molar-refractivity contribution in [2.75, 3.05) is 19.6 Å². The maximum atomic E-state index is 11.4. The molecule has 1 aliphatic rings. The van der Waals surface area contributed by atoms with Crippen LogP contribution in [0.4, 0.5) is 0 Å². The van der Waals surface area contributed by atoms with Crippen LogP contribution >= 0.6 is 0 Å². The van der Waals surface area contributed by atoms with Crippen molar-refractivity contribution in [2.24, 2.45) is 11.7 Å². The van der Waals surface area contributed by atoms with Gasteiger partial charge in [-0.15, -0.1) is 0 Å². The molecule has 2 unspecified atom stereocenters. The van der Waals surface area contributed by atoms with Crippen LogP contribution in [-0.4, -0.2) is 31.6 Å². The Labute approximate surface area is 98.3 Å². The topological polar surface area (TPSA) is 67.2 Å². The Bertz CT molecular complexity index is 208. The van der Waals surface area contributed by atoms with Gasteiger partial charge in [0.2, 0.25) is 5.91 Å². The predicted molar refractivity (Wildman–Crippen MR) is 66.1 cm³/mol. The molecule has 1 rings (SSSR count). The minimum absolute atomic E-state index is 0.150. The van der Waals surface area contributed by atoms with Crippen molar-refractivity contribution in [3.8, 4) is 0 Å². The third-order valence-corrected chi connectivity index (χ3v) is 3.29. The molecular weight excluding hydrogens is 202 g/mol. The summed E-state index contributed by atoms with van der Waals surface area (Å²) in [5.41, 5.74) is 5.70. The van der Waals surface area contributed by atoms with Gasteiger partial charge in [-0.2, -0.15) is 0 Å². The smallest absolute Gasteiger partial charge is 0.221 e. The van der Waals surface area contributed by atoms with Crippen LogP contribution in [0.25, 0.3) is 0 Å². The van der Waals surface area contributed by atoms with Crippen molar-refractivity contribution < 1.29 is 4.79 Å². The molecular formula is C12H25N3O. The zero-order chi connectivity index (χ0) is 11.8. The molecule has 0 heterocycles. The van der Waals surface area contributed by atoms with E-state index in [0.29, 0.717) is 18.4 Å². The third kappa shape index (κ3) is 4.49. The largest absolute Gasteiger partial charge is 0.356 e. The fourth-order valence-electron chi connectivity index (χ4n) is 2.31. The van der Waals surface area contributed by atoms with E-state index in [9.17, 15) is 4.79 Å². The van der Waals surface area contributed by atoms with Crippen LogP contribution in [0.2, 0.25) is 0 Å². The average molecular weight is 227 g/mol.